The van der Waals surface area contributed by atoms with Gasteiger partial charge in [0.25, 0.3) is 11.8 Å². The van der Waals surface area contributed by atoms with E-state index in [-0.39, 0.29) is 11.4 Å². The average molecular weight is 523 g/mol. The van der Waals surface area contributed by atoms with Crippen molar-refractivity contribution in [2.45, 2.75) is 51.2 Å². The molecule has 2 aromatic rings. The Kier molecular flexibility index (Phi) is 7.22. The number of amides is 2. The van der Waals surface area contributed by atoms with Crippen molar-refractivity contribution in [2.24, 2.45) is 11.7 Å². The number of alkyl halides is 5. The van der Waals surface area contributed by atoms with Gasteiger partial charge in [-0.15, -0.1) is 0 Å². The minimum atomic E-state index is -5.05. The zero-order valence-corrected chi connectivity index (χ0v) is 18.9. The molecule has 2 amide bonds. The maximum atomic E-state index is 14.4. The highest BCUT2D eigenvalue weighted by Crippen LogP contribution is 2.55. The molecule has 14 heteroatoms. The molecule has 1 aliphatic heterocycles. The minimum Gasteiger partial charge on any atom is -0.431 e. The molecule has 0 aliphatic carbocycles. The number of anilines is 1. The molecule has 3 N–H and O–H groups in total. The number of carbonyl (C=O) groups excluding carboxylic acids is 2. The van der Waals surface area contributed by atoms with Crippen LogP contribution in [-0.4, -0.2) is 41.3 Å². The van der Waals surface area contributed by atoms with E-state index in [1.165, 1.54) is 13.1 Å². The van der Waals surface area contributed by atoms with Crippen LogP contribution in [0.25, 0.3) is 0 Å². The Morgan fingerprint density at radius 2 is 1.89 bits per heavy atom. The Hall–Kier alpha value is -3.42. The number of carbonyl (C=O) groups is 2. The van der Waals surface area contributed by atoms with Gasteiger partial charge in [0.15, 0.2) is 17.2 Å². The van der Waals surface area contributed by atoms with Crippen LogP contribution < -0.4 is 15.8 Å². The van der Waals surface area contributed by atoms with Crippen LogP contribution in [0, 0.1) is 24.5 Å². The highest BCUT2D eigenvalue weighted by molar-refractivity contribution is 5.98. The van der Waals surface area contributed by atoms with E-state index in [4.69, 9.17) is 10.5 Å². The molecule has 3 rings (SSSR count). The summed E-state index contributed by atoms with van der Waals surface area (Å²) in [6, 6.07) is 2.35. The monoisotopic (exact) mass is 523 g/mol. The first-order valence-corrected chi connectivity index (χ1v) is 10.3. The van der Waals surface area contributed by atoms with Crippen molar-refractivity contribution in [1.82, 2.24) is 4.98 Å². The third kappa shape index (κ3) is 4.81. The van der Waals surface area contributed by atoms with Gasteiger partial charge in [-0.3, -0.25) is 14.6 Å². The first-order chi connectivity index (χ1) is 16.6. The third-order valence-corrected chi connectivity index (χ3v) is 6.19. The molecule has 0 bridgehead atoms. The molecule has 196 valence electrons. The first-order valence-electron chi connectivity index (χ1n) is 10.3. The van der Waals surface area contributed by atoms with Crippen LogP contribution in [0.2, 0.25) is 0 Å². The van der Waals surface area contributed by atoms with Gasteiger partial charge < -0.3 is 20.5 Å². The van der Waals surface area contributed by atoms with Crippen molar-refractivity contribution in [3.63, 3.8) is 0 Å². The van der Waals surface area contributed by atoms with Crippen LogP contribution in [-0.2, 0) is 9.53 Å². The number of hydrogen-bond acceptors (Lipinski definition) is 5. The molecule has 1 fully saturated rings. The molecule has 0 spiro atoms. The number of ether oxygens (including phenoxy) is 2. The highest BCUT2D eigenvalue weighted by Gasteiger charge is 2.66. The number of primary amides is 1. The second kappa shape index (κ2) is 9.56. The van der Waals surface area contributed by atoms with Gasteiger partial charge in [0.1, 0.15) is 11.8 Å². The van der Waals surface area contributed by atoms with E-state index < -0.39 is 71.1 Å². The van der Waals surface area contributed by atoms with E-state index in [9.17, 15) is 40.3 Å². The molecule has 4 atom stereocenters. The Morgan fingerprint density at radius 1 is 1.25 bits per heavy atom. The minimum absolute atomic E-state index is 0.0474. The number of benzene rings is 1. The summed E-state index contributed by atoms with van der Waals surface area (Å²) in [5.74, 6) is -10.3. The summed E-state index contributed by atoms with van der Waals surface area (Å²) in [6.07, 6.45) is -5.90. The lowest BCUT2D eigenvalue weighted by Crippen LogP contribution is -2.47. The number of nitrogens with zero attached hydrogens (tertiary/aromatic N) is 1. The lowest BCUT2D eigenvalue weighted by molar-refractivity contribution is -0.272. The Morgan fingerprint density at radius 3 is 2.44 bits per heavy atom. The number of nitrogens with one attached hydrogen (secondary N) is 1. The molecular weight excluding hydrogens is 503 g/mol. The molecule has 0 saturated carbocycles. The summed E-state index contributed by atoms with van der Waals surface area (Å²) < 4.78 is 105. The quantitative estimate of drug-likeness (QED) is 0.545. The van der Waals surface area contributed by atoms with Crippen LogP contribution in [0.1, 0.15) is 41.4 Å². The normalized spacial score (nSPS) is 24.1. The highest BCUT2D eigenvalue weighted by atomic mass is 19.4. The van der Waals surface area contributed by atoms with E-state index >= 15 is 0 Å². The molecule has 1 aromatic heterocycles. The van der Waals surface area contributed by atoms with Crippen molar-refractivity contribution >= 4 is 17.5 Å². The molecule has 1 saturated heterocycles. The van der Waals surface area contributed by atoms with Crippen molar-refractivity contribution < 1.29 is 49.8 Å². The molecule has 1 aromatic carbocycles. The maximum Gasteiger partial charge on any atom is 0.417 e. The number of rotatable bonds is 6. The second-order valence-corrected chi connectivity index (χ2v) is 8.35. The summed E-state index contributed by atoms with van der Waals surface area (Å²) in [4.78, 5) is 28.4. The lowest BCUT2D eigenvalue weighted by Gasteiger charge is -2.32. The number of aryl methyl sites for hydroxylation is 1. The maximum absolute atomic E-state index is 14.4. The number of halogens is 7. The first kappa shape index (κ1) is 27.2. The van der Waals surface area contributed by atoms with Crippen molar-refractivity contribution in [3.05, 3.63) is 52.9 Å². The summed E-state index contributed by atoms with van der Waals surface area (Å²) >= 11 is 0. The van der Waals surface area contributed by atoms with Crippen LogP contribution in [0.3, 0.4) is 0 Å². The molecule has 0 unspecified atom stereocenters. The number of nitrogens with two attached hydrogens (primary N) is 1. The van der Waals surface area contributed by atoms with Gasteiger partial charge in [-0.25, -0.2) is 4.39 Å². The number of hydrogen-bond donors (Lipinski definition) is 2. The molecule has 0 radical (unpaired) electrons. The second-order valence-electron chi connectivity index (χ2n) is 8.35. The van der Waals surface area contributed by atoms with Crippen LogP contribution in [0.5, 0.6) is 5.75 Å². The number of pyridine rings is 1. The fraction of sp³-hybridized carbons (Fsp3) is 0.409. The summed E-state index contributed by atoms with van der Waals surface area (Å²) in [7, 11) is 0. The summed E-state index contributed by atoms with van der Waals surface area (Å²) in [5, 5.41) is 2.31. The van der Waals surface area contributed by atoms with Crippen molar-refractivity contribution in [3.8, 4) is 5.75 Å². The molecule has 7 nitrogen and oxygen atoms in total. The van der Waals surface area contributed by atoms with Crippen LogP contribution >= 0.6 is 0 Å². The predicted octanol–water partition coefficient (Wildman–Crippen LogP) is 4.45. The Labute approximate surface area is 199 Å². The Bertz CT molecular complexity index is 1190. The third-order valence-electron chi connectivity index (χ3n) is 6.19. The SMILES string of the molecule is Cc1cnc(C(N)=O)cc1NC(=O)[C@H]1O[C@@](C)(C(F)(F)F)[C@H](C)[C@H]1c1ccc(F)c(F)c1OC(F)F. The summed E-state index contributed by atoms with van der Waals surface area (Å²) in [5.41, 5.74) is 1.53. The van der Waals surface area contributed by atoms with Gasteiger partial charge in [0.05, 0.1) is 0 Å². The largest absolute Gasteiger partial charge is 0.431 e. The van der Waals surface area contributed by atoms with Gasteiger partial charge in [-0.05, 0) is 31.5 Å². The lowest BCUT2D eigenvalue weighted by atomic mass is 9.77. The van der Waals surface area contributed by atoms with Gasteiger partial charge in [-0.2, -0.15) is 26.3 Å². The molecule has 1 aliphatic rings. The van der Waals surface area contributed by atoms with Gasteiger partial charge in [0, 0.05) is 29.3 Å². The van der Waals surface area contributed by atoms with Crippen LogP contribution in [0.15, 0.2) is 24.4 Å². The summed E-state index contributed by atoms with van der Waals surface area (Å²) in [6.45, 7) is -0.506. The average Bonchev–Trinajstić information content (AvgIpc) is 3.05. The van der Waals surface area contributed by atoms with Crippen molar-refractivity contribution in [1.29, 1.82) is 0 Å². The predicted molar refractivity (Wildman–Crippen MR) is 110 cm³/mol. The molecule has 36 heavy (non-hydrogen) atoms. The van der Waals surface area contributed by atoms with Gasteiger partial charge in [-0.1, -0.05) is 13.0 Å². The smallest absolute Gasteiger partial charge is 0.417 e. The van der Waals surface area contributed by atoms with E-state index in [1.807, 2.05) is 0 Å². The standard InChI is InChI=1S/C22H20F7N3O4/c1-8-7-31-13(18(30)33)6-12(8)32-19(34)17-14(9(2)21(3,36-17)22(27,28)29)10-4-5-11(23)15(24)16(10)35-20(25)26/h4-7,9,14,17,20H,1-3H3,(H2,30,33)(H,31,32,34)/t9-,14+,17+,21-/m1/s1. The Balaban J connectivity index is 2.13. The van der Waals surface area contributed by atoms with Crippen molar-refractivity contribution in [2.75, 3.05) is 5.32 Å². The van der Waals surface area contributed by atoms with Crippen LogP contribution in [0.4, 0.5) is 36.4 Å². The zero-order valence-electron chi connectivity index (χ0n) is 18.9. The van der Waals surface area contributed by atoms with Gasteiger partial charge >= 0.3 is 12.8 Å². The van der Waals surface area contributed by atoms with E-state index in [0.717, 1.165) is 19.1 Å². The van der Waals surface area contributed by atoms with E-state index in [1.54, 1.807) is 0 Å². The zero-order chi connectivity index (χ0) is 27.2. The van der Waals surface area contributed by atoms with E-state index in [0.29, 0.717) is 18.6 Å². The molecular formula is C22H20F7N3O4. The number of aromatic nitrogens is 1. The fourth-order valence-electron chi connectivity index (χ4n) is 4.04. The van der Waals surface area contributed by atoms with Gasteiger partial charge in [0.2, 0.25) is 5.82 Å². The molecule has 2 heterocycles. The topological polar surface area (TPSA) is 104 Å². The van der Waals surface area contributed by atoms with E-state index in [2.05, 4.69) is 15.0 Å². The fourth-order valence-corrected chi connectivity index (χ4v) is 4.04.